The molecule has 178 valence electrons. The third-order valence-electron chi connectivity index (χ3n) is 4.90. The maximum atomic E-state index is 6.35. The van der Waals surface area contributed by atoms with E-state index in [2.05, 4.69) is 32.9 Å². The fourth-order valence-electron chi connectivity index (χ4n) is 3.47. The molecule has 33 heavy (non-hydrogen) atoms. The second-order valence-electron chi connectivity index (χ2n) is 7.60. The van der Waals surface area contributed by atoms with E-state index in [1.807, 2.05) is 45.0 Å². The average Bonchev–Trinajstić information content (AvgIpc) is 2.67. The van der Waals surface area contributed by atoms with Crippen LogP contribution in [0.1, 0.15) is 47.5 Å². The number of aryl methyl sites for hydroxylation is 4. The third-order valence-corrected chi connectivity index (χ3v) is 5.41. The summed E-state index contributed by atoms with van der Waals surface area (Å²) >= 11 is 12.4. The van der Waals surface area contributed by atoms with Crippen LogP contribution in [0.3, 0.4) is 0 Å². The zero-order chi connectivity index (χ0) is 22.0. The minimum Gasteiger partial charge on any atom is -0.251 e. The SMILES string of the molecule is CC(=Nc1c(C)cc(C)cc1C)c1cccc(C(C)=Nc2c(C)cc(Cl)cc2Cl)n1.Cl.Cl.[Fe]. The number of aliphatic imine (C=N–C) groups is 2. The number of aromatic nitrogens is 1. The summed E-state index contributed by atoms with van der Waals surface area (Å²) in [4.78, 5) is 14.4. The summed E-state index contributed by atoms with van der Waals surface area (Å²) in [5.41, 5.74) is 9.43. The van der Waals surface area contributed by atoms with Gasteiger partial charge in [0.2, 0.25) is 0 Å². The number of pyridine rings is 1. The van der Waals surface area contributed by atoms with Gasteiger partial charge in [0.1, 0.15) is 0 Å². The topological polar surface area (TPSA) is 37.6 Å². The van der Waals surface area contributed by atoms with Crippen LogP contribution in [0.2, 0.25) is 10.0 Å². The molecule has 0 aliphatic carbocycles. The Morgan fingerprint density at radius 1 is 0.727 bits per heavy atom. The minimum atomic E-state index is 0. The third kappa shape index (κ3) is 7.82. The minimum absolute atomic E-state index is 0. The Bertz CT molecular complexity index is 1060. The summed E-state index contributed by atoms with van der Waals surface area (Å²) < 4.78 is 0. The van der Waals surface area contributed by atoms with E-state index in [-0.39, 0.29) is 41.9 Å². The first kappa shape index (κ1) is 31.6. The first-order chi connectivity index (χ1) is 14.2. The number of nitrogens with zero attached hydrogens (tertiary/aromatic N) is 3. The van der Waals surface area contributed by atoms with Gasteiger partial charge in [0.05, 0.1) is 39.2 Å². The molecule has 3 nitrogen and oxygen atoms in total. The number of hydrogen-bond donors (Lipinski definition) is 0. The van der Waals surface area contributed by atoms with Crippen molar-refractivity contribution >= 4 is 70.8 Å². The van der Waals surface area contributed by atoms with Crippen LogP contribution < -0.4 is 0 Å². The summed E-state index contributed by atoms with van der Waals surface area (Å²) in [6.07, 6.45) is 0. The quantitative estimate of drug-likeness (QED) is 0.230. The molecule has 0 amide bonds. The fourth-order valence-corrected chi connectivity index (χ4v) is 4.11. The molecule has 2 aromatic carbocycles. The predicted molar refractivity (Wildman–Crippen MR) is 144 cm³/mol. The van der Waals surface area contributed by atoms with Gasteiger partial charge < -0.3 is 0 Å². The molecule has 1 aromatic heterocycles. The van der Waals surface area contributed by atoms with Crippen LogP contribution in [0.15, 0.2) is 52.4 Å². The molecule has 3 aromatic rings. The van der Waals surface area contributed by atoms with E-state index in [1.165, 1.54) is 5.56 Å². The molecule has 0 atom stereocenters. The van der Waals surface area contributed by atoms with Gasteiger partial charge in [-0.1, -0.05) is 47.0 Å². The fraction of sp³-hybridized carbons (Fsp3) is 0.240. The maximum absolute atomic E-state index is 6.35. The van der Waals surface area contributed by atoms with Crippen molar-refractivity contribution in [3.8, 4) is 0 Å². The summed E-state index contributed by atoms with van der Waals surface area (Å²) in [5.74, 6) is 0. The number of rotatable bonds is 4. The first-order valence-corrected chi connectivity index (χ1v) is 10.5. The summed E-state index contributed by atoms with van der Waals surface area (Å²) in [7, 11) is 0. The molecule has 0 fully saturated rings. The number of benzene rings is 2. The molecule has 0 radical (unpaired) electrons. The second-order valence-corrected chi connectivity index (χ2v) is 8.45. The van der Waals surface area contributed by atoms with Gasteiger partial charge in [0.15, 0.2) is 0 Å². The summed E-state index contributed by atoms with van der Waals surface area (Å²) in [5, 5.41) is 1.13. The second kappa shape index (κ2) is 13.5. The zero-order valence-electron chi connectivity index (χ0n) is 19.3. The van der Waals surface area contributed by atoms with Crippen molar-refractivity contribution in [3.05, 3.63) is 86.2 Å². The number of halogens is 4. The van der Waals surface area contributed by atoms with Crippen molar-refractivity contribution in [1.29, 1.82) is 0 Å². The van der Waals surface area contributed by atoms with Gasteiger partial charge in [-0.25, -0.2) is 9.98 Å². The van der Waals surface area contributed by atoms with Crippen molar-refractivity contribution in [2.75, 3.05) is 0 Å². The predicted octanol–water partition coefficient (Wildman–Crippen LogP) is 8.74. The van der Waals surface area contributed by atoms with E-state index in [4.69, 9.17) is 38.2 Å². The van der Waals surface area contributed by atoms with E-state index < -0.39 is 0 Å². The van der Waals surface area contributed by atoms with Crippen molar-refractivity contribution in [1.82, 2.24) is 4.98 Å². The molecule has 0 aliphatic rings. The van der Waals surface area contributed by atoms with E-state index in [9.17, 15) is 0 Å². The van der Waals surface area contributed by atoms with Gasteiger partial charge in [-0.3, -0.25) is 4.99 Å². The Morgan fingerprint density at radius 2 is 1.18 bits per heavy atom. The Balaban J connectivity index is 0.00000341. The van der Waals surface area contributed by atoms with Crippen LogP contribution in [0.25, 0.3) is 0 Å². The van der Waals surface area contributed by atoms with E-state index >= 15 is 0 Å². The molecule has 0 spiro atoms. The van der Waals surface area contributed by atoms with Gasteiger partial charge in [-0.2, -0.15) is 0 Å². The molecule has 8 heteroatoms. The van der Waals surface area contributed by atoms with Crippen LogP contribution in [-0.4, -0.2) is 16.4 Å². The first-order valence-electron chi connectivity index (χ1n) is 9.77. The Kier molecular flexibility index (Phi) is 12.9. The summed E-state index contributed by atoms with van der Waals surface area (Å²) in [6.45, 7) is 12.1. The van der Waals surface area contributed by atoms with Crippen LogP contribution in [0.4, 0.5) is 11.4 Å². The van der Waals surface area contributed by atoms with Crippen molar-refractivity contribution in [3.63, 3.8) is 0 Å². The van der Waals surface area contributed by atoms with Gasteiger partial charge in [0.25, 0.3) is 0 Å². The van der Waals surface area contributed by atoms with Crippen LogP contribution in [0.5, 0.6) is 0 Å². The Labute approximate surface area is 229 Å². The molecule has 0 unspecified atom stereocenters. The summed E-state index contributed by atoms with van der Waals surface area (Å²) in [6, 6.07) is 13.7. The largest absolute Gasteiger partial charge is 0.251 e. The van der Waals surface area contributed by atoms with Gasteiger partial charge in [-0.05, 0) is 82.5 Å². The average molecular weight is 567 g/mol. The molecule has 0 aliphatic heterocycles. The molecule has 0 bridgehead atoms. The number of hydrogen-bond acceptors (Lipinski definition) is 3. The molecule has 0 N–H and O–H groups in total. The molecule has 0 saturated heterocycles. The molecule has 0 saturated carbocycles. The zero-order valence-corrected chi connectivity index (χ0v) is 23.6. The molecule has 3 rings (SSSR count). The van der Waals surface area contributed by atoms with Crippen molar-refractivity contribution in [2.24, 2.45) is 9.98 Å². The van der Waals surface area contributed by atoms with Crippen LogP contribution in [-0.2, 0) is 17.1 Å². The normalized spacial score (nSPS) is 11.3. The standard InChI is InChI=1S/C25H25Cl2N3.2ClH.Fe/c1-14-10-15(2)24(16(3)11-14)28-18(5)22-8-7-9-23(30-22)19(6)29-25-17(4)12-20(26)13-21(25)27;;;/h7-13H,1-6H3;2*1H;. The van der Waals surface area contributed by atoms with Crippen LogP contribution in [0, 0.1) is 27.7 Å². The maximum Gasteiger partial charge on any atom is 0.0850 e. The van der Waals surface area contributed by atoms with Crippen LogP contribution >= 0.6 is 48.0 Å². The Hall–Kier alpha value is -1.39. The molecular formula is C25H27Cl4FeN3. The van der Waals surface area contributed by atoms with Gasteiger partial charge in [-0.15, -0.1) is 24.8 Å². The van der Waals surface area contributed by atoms with E-state index in [0.29, 0.717) is 15.7 Å². The van der Waals surface area contributed by atoms with Gasteiger partial charge in [0, 0.05) is 22.1 Å². The van der Waals surface area contributed by atoms with Crippen molar-refractivity contribution in [2.45, 2.75) is 41.5 Å². The molecular weight excluding hydrogens is 540 g/mol. The van der Waals surface area contributed by atoms with Gasteiger partial charge >= 0.3 is 0 Å². The monoisotopic (exact) mass is 565 g/mol. The smallest absolute Gasteiger partial charge is 0.0850 e. The van der Waals surface area contributed by atoms with E-state index in [1.54, 1.807) is 6.07 Å². The van der Waals surface area contributed by atoms with Crippen molar-refractivity contribution < 1.29 is 17.1 Å². The Morgan fingerprint density at radius 3 is 1.67 bits per heavy atom. The van der Waals surface area contributed by atoms with E-state index in [0.717, 1.165) is 45.2 Å². The molecule has 1 heterocycles.